The number of halogens is 1. The van der Waals surface area contributed by atoms with Crippen molar-refractivity contribution in [2.24, 2.45) is 0 Å². The fourth-order valence-corrected chi connectivity index (χ4v) is 4.01. The number of rotatable bonds is 8. The molecular weight excluding hydrogens is 426 g/mol. The molecule has 3 aromatic carbocycles. The van der Waals surface area contributed by atoms with Gasteiger partial charge in [0.15, 0.2) is 0 Å². The monoisotopic (exact) mass is 451 g/mol. The number of benzene rings is 3. The van der Waals surface area contributed by atoms with E-state index in [-0.39, 0.29) is 18.1 Å². The summed E-state index contributed by atoms with van der Waals surface area (Å²) in [7, 11) is 1.63. The molecule has 0 radical (unpaired) electrons. The predicted molar refractivity (Wildman–Crippen MR) is 125 cm³/mol. The second kappa shape index (κ2) is 9.53. The molecule has 1 aliphatic rings. The zero-order valence-electron chi connectivity index (χ0n) is 18.4. The summed E-state index contributed by atoms with van der Waals surface area (Å²) >= 11 is 6.16. The lowest BCUT2D eigenvalue weighted by atomic mass is 10.1. The van der Waals surface area contributed by atoms with E-state index in [1.807, 2.05) is 73.3 Å². The largest absolute Gasteiger partial charge is 0.497 e. The predicted octanol–water partition coefficient (Wildman–Crippen LogP) is 5.91. The number of carbonyl (C=O) groups is 1. The maximum absolute atomic E-state index is 13.2. The van der Waals surface area contributed by atoms with Gasteiger partial charge in [-0.3, -0.25) is 4.79 Å². The van der Waals surface area contributed by atoms with Crippen LogP contribution in [0.2, 0.25) is 5.02 Å². The van der Waals surface area contributed by atoms with E-state index < -0.39 is 0 Å². The first-order chi connectivity index (χ1) is 15.4. The van der Waals surface area contributed by atoms with Gasteiger partial charge in [0, 0.05) is 17.1 Å². The van der Waals surface area contributed by atoms with Crippen LogP contribution in [-0.2, 0) is 6.54 Å². The third kappa shape index (κ3) is 4.83. The number of hydrogen-bond acceptors (Lipinski definition) is 4. The summed E-state index contributed by atoms with van der Waals surface area (Å²) in [5.74, 6) is 2.24. The van der Waals surface area contributed by atoms with Gasteiger partial charge in [-0.25, -0.2) is 0 Å². The second-order valence-corrected chi connectivity index (χ2v) is 8.41. The van der Waals surface area contributed by atoms with Gasteiger partial charge >= 0.3 is 0 Å². The molecule has 6 heteroatoms. The maximum Gasteiger partial charge on any atom is 0.255 e. The molecule has 166 valence electrons. The Labute approximate surface area is 193 Å². The van der Waals surface area contributed by atoms with E-state index in [2.05, 4.69) is 0 Å². The first-order valence-corrected chi connectivity index (χ1v) is 11.0. The van der Waals surface area contributed by atoms with Crippen LogP contribution in [-0.4, -0.2) is 30.6 Å². The Hall–Kier alpha value is -3.18. The van der Waals surface area contributed by atoms with Gasteiger partial charge in [0.05, 0.1) is 19.3 Å². The van der Waals surface area contributed by atoms with Crippen molar-refractivity contribution in [3.05, 3.63) is 88.4 Å². The minimum atomic E-state index is -0.274. The topological polar surface area (TPSA) is 48.0 Å². The molecule has 5 nitrogen and oxygen atoms in total. The quantitative estimate of drug-likeness (QED) is 0.427. The molecular formula is C26H26ClNO4. The van der Waals surface area contributed by atoms with Crippen LogP contribution >= 0.6 is 11.6 Å². The molecule has 1 amide bonds. The number of fused-ring (bicyclic) bond motifs is 1. The fraction of sp³-hybridized carbons (Fsp3) is 0.269. The fourth-order valence-electron chi connectivity index (χ4n) is 3.82. The van der Waals surface area contributed by atoms with E-state index >= 15 is 0 Å². The van der Waals surface area contributed by atoms with Crippen molar-refractivity contribution in [2.75, 3.05) is 13.7 Å². The van der Waals surface area contributed by atoms with Gasteiger partial charge in [-0.05, 0) is 79.6 Å². The van der Waals surface area contributed by atoms with E-state index in [9.17, 15) is 4.79 Å². The van der Waals surface area contributed by atoms with Gasteiger partial charge in [-0.15, -0.1) is 0 Å². The molecule has 1 atom stereocenters. The molecule has 1 unspecified atom stereocenters. The molecule has 0 spiro atoms. The van der Waals surface area contributed by atoms with Crippen LogP contribution in [0, 0.1) is 0 Å². The van der Waals surface area contributed by atoms with Crippen LogP contribution in [0.15, 0.2) is 66.7 Å². The average Bonchev–Trinajstić information content (AvgIpc) is 3.10. The van der Waals surface area contributed by atoms with Crippen LogP contribution in [0.25, 0.3) is 0 Å². The normalized spacial score (nSPS) is 13.8. The number of nitrogens with zero attached hydrogens (tertiary/aromatic N) is 1. The van der Waals surface area contributed by atoms with Crippen molar-refractivity contribution in [1.82, 2.24) is 4.90 Å². The maximum atomic E-state index is 13.2. The van der Waals surface area contributed by atoms with E-state index in [1.165, 1.54) is 0 Å². The summed E-state index contributed by atoms with van der Waals surface area (Å²) in [4.78, 5) is 15.1. The average molecular weight is 452 g/mol. The van der Waals surface area contributed by atoms with Crippen LogP contribution < -0.4 is 14.2 Å². The van der Waals surface area contributed by atoms with Crippen LogP contribution in [0.1, 0.15) is 41.4 Å². The molecule has 4 rings (SSSR count). The molecule has 1 aliphatic heterocycles. The highest BCUT2D eigenvalue weighted by molar-refractivity contribution is 6.30. The third-order valence-corrected chi connectivity index (χ3v) is 5.61. The number of methoxy groups -OCH3 is 1. The first-order valence-electron chi connectivity index (χ1n) is 10.6. The van der Waals surface area contributed by atoms with Crippen molar-refractivity contribution < 1.29 is 19.0 Å². The second-order valence-electron chi connectivity index (χ2n) is 7.97. The van der Waals surface area contributed by atoms with E-state index in [4.69, 9.17) is 25.8 Å². The summed E-state index contributed by atoms with van der Waals surface area (Å²) in [6.07, 6.45) is 0.0921. The molecule has 3 aromatic rings. The van der Waals surface area contributed by atoms with Gasteiger partial charge in [0.25, 0.3) is 5.91 Å². The summed E-state index contributed by atoms with van der Waals surface area (Å²) in [6, 6.07) is 20.4. The Morgan fingerprint density at radius 3 is 2.25 bits per heavy atom. The summed E-state index contributed by atoms with van der Waals surface area (Å²) < 4.78 is 17.1. The van der Waals surface area contributed by atoms with Crippen molar-refractivity contribution in [3.8, 4) is 17.2 Å². The lowest BCUT2D eigenvalue weighted by Gasteiger charge is -2.28. The highest BCUT2D eigenvalue weighted by Gasteiger charge is 2.34. The molecule has 0 aliphatic carbocycles. The molecule has 0 saturated heterocycles. The van der Waals surface area contributed by atoms with Crippen molar-refractivity contribution in [3.63, 3.8) is 0 Å². The van der Waals surface area contributed by atoms with Gasteiger partial charge in [-0.1, -0.05) is 23.7 Å². The molecule has 32 heavy (non-hydrogen) atoms. The number of amides is 1. The third-order valence-electron chi connectivity index (χ3n) is 5.38. The van der Waals surface area contributed by atoms with Crippen molar-refractivity contribution in [1.29, 1.82) is 0 Å². The summed E-state index contributed by atoms with van der Waals surface area (Å²) in [6.45, 7) is 4.77. The molecule has 0 saturated carbocycles. The highest BCUT2D eigenvalue weighted by Crippen LogP contribution is 2.34. The minimum absolute atomic E-state index is 0.0255. The lowest BCUT2D eigenvalue weighted by Crippen LogP contribution is -2.33. The Bertz CT molecular complexity index is 1080. The van der Waals surface area contributed by atoms with Crippen molar-refractivity contribution in [2.45, 2.75) is 32.5 Å². The molecule has 0 bridgehead atoms. The van der Waals surface area contributed by atoms with Gasteiger partial charge in [0.2, 0.25) is 0 Å². The Morgan fingerprint density at radius 1 is 0.938 bits per heavy atom. The van der Waals surface area contributed by atoms with E-state index in [0.29, 0.717) is 29.5 Å². The zero-order chi connectivity index (χ0) is 22.7. The van der Waals surface area contributed by atoms with Gasteiger partial charge < -0.3 is 19.1 Å². The first kappa shape index (κ1) is 22.0. The van der Waals surface area contributed by atoms with E-state index in [1.54, 1.807) is 19.2 Å². The SMILES string of the molecule is COc1ccc(OCC(c2ccc(OC(C)C)cc2)N2Cc3cc(Cl)ccc3C2=O)cc1. The minimum Gasteiger partial charge on any atom is -0.497 e. The zero-order valence-corrected chi connectivity index (χ0v) is 19.1. The number of carbonyl (C=O) groups excluding carboxylic acids is 1. The molecule has 0 aromatic heterocycles. The molecule has 0 N–H and O–H groups in total. The van der Waals surface area contributed by atoms with Gasteiger partial charge in [-0.2, -0.15) is 0 Å². The smallest absolute Gasteiger partial charge is 0.255 e. The number of ether oxygens (including phenoxy) is 3. The molecule has 1 heterocycles. The van der Waals surface area contributed by atoms with Gasteiger partial charge in [0.1, 0.15) is 23.9 Å². The Kier molecular flexibility index (Phi) is 6.56. The van der Waals surface area contributed by atoms with Crippen LogP contribution in [0.3, 0.4) is 0 Å². The molecule has 0 fully saturated rings. The summed E-state index contributed by atoms with van der Waals surface area (Å²) in [5, 5.41) is 0.625. The highest BCUT2D eigenvalue weighted by atomic mass is 35.5. The van der Waals surface area contributed by atoms with Crippen LogP contribution in [0.5, 0.6) is 17.2 Å². The van der Waals surface area contributed by atoms with E-state index in [0.717, 1.165) is 22.6 Å². The van der Waals surface area contributed by atoms with Crippen molar-refractivity contribution >= 4 is 17.5 Å². The number of hydrogen-bond donors (Lipinski definition) is 0. The summed E-state index contributed by atoms with van der Waals surface area (Å²) in [5.41, 5.74) is 2.59. The Morgan fingerprint density at radius 2 is 1.59 bits per heavy atom. The lowest BCUT2D eigenvalue weighted by molar-refractivity contribution is 0.0635. The standard InChI is InChI=1S/C26H26ClNO4/c1-17(2)32-23-7-4-18(5-8-23)25(16-31-22-11-9-21(30-3)10-12-22)28-15-19-14-20(27)6-13-24(19)26(28)29/h4-14,17,25H,15-16H2,1-3H3. The Balaban J connectivity index is 1.59. The van der Waals surface area contributed by atoms with Crippen LogP contribution in [0.4, 0.5) is 0 Å².